The van der Waals surface area contributed by atoms with Gasteiger partial charge in [-0.1, -0.05) is 34.5 Å². The first-order valence-electron chi connectivity index (χ1n) is 9.53. The summed E-state index contributed by atoms with van der Waals surface area (Å²) in [5, 5.41) is 1.22. The van der Waals surface area contributed by atoms with Crippen LogP contribution < -0.4 is 9.64 Å². The van der Waals surface area contributed by atoms with E-state index in [4.69, 9.17) is 37.7 Å². The molecule has 1 aromatic carbocycles. The molecule has 1 saturated heterocycles. The molecule has 0 unspecified atom stereocenters. The highest BCUT2D eigenvalue weighted by Gasteiger charge is 2.24. The second-order valence-electron chi connectivity index (χ2n) is 6.81. The molecule has 0 radical (unpaired) electrons. The third-order valence-corrected chi connectivity index (χ3v) is 7.67. The van der Waals surface area contributed by atoms with Crippen molar-refractivity contribution in [3.8, 4) is 5.75 Å². The number of hydrogen-bond donors (Lipinski definition) is 0. The minimum absolute atomic E-state index is 0.0177. The molecule has 30 heavy (non-hydrogen) atoms. The summed E-state index contributed by atoms with van der Waals surface area (Å²) < 4.78 is 12.4. The van der Waals surface area contributed by atoms with Gasteiger partial charge in [0.25, 0.3) is 0 Å². The SMILES string of the molecule is COc1ccc(Cl)c2sc(N(CCN3CCOCC3)C(=O)Cc3ccc(Cl)s3)nc12. The van der Waals surface area contributed by atoms with Crippen LogP contribution in [0.1, 0.15) is 4.88 Å². The highest BCUT2D eigenvalue weighted by molar-refractivity contribution is 7.23. The molecule has 4 rings (SSSR count). The van der Waals surface area contributed by atoms with Crippen LogP contribution >= 0.6 is 45.9 Å². The Morgan fingerprint density at radius 1 is 1.23 bits per heavy atom. The summed E-state index contributed by atoms with van der Waals surface area (Å²) in [7, 11) is 1.60. The number of thiazole rings is 1. The summed E-state index contributed by atoms with van der Waals surface area (Å²) in [4.78, 5) is 23.0. The maximum absolute atomic E-state index is 13.3. The van der Waals surface area contributed by atoms with Crippen LogP contribution in [0.5, 0.6) is 5.75 Å². The molecule has 3 heterocycles. The number of thiophene rings is 1. The van der Waals surface area contributed by atoms with Gasteiger partial charge in [-0.05, 0) is 24.3 Å². The van der Waals surface area contributed by atoms with Crippen LogP contribution in [0.3, 0.4) is 0 Å². The van der Waals surface area contributed by atoms with E-state index < -0.39 is 0 Å². The monoisotopic (exact) mass is 485 g/mol. The van der Waals surface area contributed by atoms with Crippen LogP contribution in [0.25, 0.3) is 10.2 Å². The number of benzene rings is 1. The van der Waals surface area contributed by atoms with Gasteiger partial charge in [0.15, 0.2) is 5.13 Å². The Morgan fingerprint density at radius 3 is 2.73 bits per heavy atom. The standard InChI is InChI=1S/C20H21Cl2N3O3S2/c1-27-15-4-3-14(21)19-18(15)23-20(30-19)25(7-6-24-8-10-28-11-9-24)17(26)12-13-2-5-16(22)29-13/h2-5H,6-12H2,1H3. The third-order valence-electron chi connectivity index (χ3n) is 4.90. The Hall–Kier alpha value is -1.42. The van der Waals surface area contributed by atoms with Gasteiger partial charge < -0.3 is 9.47 Å². The van der Waals surface area contributed by atoms with Crippen molar-refractivity contribution in [3.05, 3.63) is 38.5 Å². The number of aromatic nitrogens is 1. The molecule has 2 aromatic heterocycles. The Morgan fingerprint density at radius 2 is 2.03 bits per heavy atom. The van der Waals surface area contributed by atoms with Gasteiger partial charge in [-0.2, -0.15) is 0 Å². The Kier molecular flexibility index (Phi) is 7.12. The van der Waals surface area contributed by atoms with E-state index in [-0.39, 0.29) is 12.3 Å². The Labute approximate surface area is 192 Å². The molecular weight excluding hydrogens is 465 g/mol. The first-order chi connectivity index (χ1) is 14.5. The molecule has 0 atom stereocenters. The zero-order chi connectivity index (χ0) is 21.1. The average Bonchev–Trinajstić information content (AvgIpc) is 3.36. The van der Waals surface area contributed by atoms with Gasteiger partial charge in [0.1, 0.15) is 11.3 Å². The predicted octanol–water partition coefficient (Wildman–Crippen LogP) is 4.58. The number of methoxy groups -OCH3 is 1. The maximum Gasteiger partial charge on any atom is 0.234 e. The highest BCUT2D eigenvalue weighted by Crippen LogP contribution is 2.39. The topological polar surface area (TPSA) is 54.9 Å². The van der Waals surface area contributed by atoms with Crippen molar-refractivity contribution in [2.24, 2.45) is 0 Å². The fourth-order valence-electron chi connectivity index (χ4n) is 3.31. The molecule has 6 nitrogen and oxygen atoms in total. The van der Waals surface area contributed by atoms with E-state index in [2.05, 4.69) is 4.90 Å². The number of carbonyl (C=O) groups is 1. The summed E-state index contributed by atoms with van der Waals surface area (Å²) in [6, 6.07) is 7.29. The first-order valence-corrected chi connectivity index (χ1v) is 11.9. The number of fused-ring (bicyclic) bond motifs is 1. The van der Waals surface area contributed by atoms with Crippen LogP contribution in [-0.4, -0.2) is 62.3 Å². The summed E-state index contributed by atoms with van der Waals surface area (Å²) in [5.41, 5.74) is 0.674. The lowest BCUT2D eigenvalue weighted by atomic mass is 10.3. The zero-order valence-corrected chi connectivity index (χ0v) is 19.5. The second kappa shape index (κ2) is 9.80. The zero-order valence-electron chi connectivity index (χ0n) is 16.4. The molecule has 10 heteroatoms. The largest absolute Gasteiger partial charge is 0.494 e. The van der Waals surface area contributed by atoms with Gasteiger partial charge in [-0.25, -0.2) is 4.98 Å². The van der Waals surface area contributed by atoms with Crippen LogP contribution in [0.4, 0.5) is 5.13 Å². The number of morpholine rings is 1. The molecule has 0 aliphatic carbocycles. The van der Waals surface area contributed by atoms with Gasteiger partial charge in [-0.3, -0.25) is 14.6 Å². The molecular formula is C20H21Cl2N3O3S2. The molecule has 160 valence electrons. The van der Waals surface area contributed by atoms with Crippen molar-refractivity contribution in [1.29, 1.82) is 0 Å². The predicted molar refractivity (Wildman–Crippen MR) is 124 cm³/mol. The van der Waals surface area contributed by atoms with E-state index in [1.165, 1.54) is 22.7 Å². The van der Waals surface area contributed by atoms with Gasteiger partial charge in [0, 0.05) is 31.1 Å². The van der Waals surface area contributed by atoms with Crippen molar-refractivity contribution >= 4 is 67.1 Å². The van der Waals surface area contributed by atoms with Crippen LogP contribution in [-0.2, 0) is 16.0 Å². The smallest absolute Gasteiger partial charge is 0.234 e. The lowest BCUT2D eigenvalue weighted by molar-refractivity contribution is -0.118. The van der Waals surface area contributed by atoms with Gasteiger partial charge in [-0.15, -0.1) is 11.3 Å². The number of halogens is 2. The Balaban J connectivity index is 1.62. The number of anilines is 1. The number of carbonyl (C=O) groups excluding carboxylic acids is 1. The van der Waals surface area contributed by atoms with E-state index in [0.717, 1.165) is 42.4 Å². The summed E-state index contributed by atoms with van der Waals surface area (Å²) in [6.07, 6.45) is 0.279. The van der Waals surface area contributed by atoms with Crippen molar-refractivity contribution < 1.29 is 14.3 Å². The Bertz CT molecular complexity index is 1030. The molecule has 1 aliphatic heterocycles. The van der Waals surface area contributed by atoms with E-state index in [1.54, 1.807) is 24.1 Å². The minimum Gasteiger partial charge on any atom is -0.494 e. The van der Waals surface area contributed by atoms with Gasteiger partial charge >= 0.3 is 0 Å². The van der Waals surface area contributed by atoms with Crippen molar-refractivity contribution in [2.45, 2.75) is 6.42 Å². The molecule has 0 N–H and O–H groups in total. The summed E-state index contributed by atoms with van der Waals surface area (Å²) >= 11 is 15.3. The fraction of sp³-hybridized carbons (Fsp3) is 0.400. The average molecular weight is 486 g/mol. The normalized spacial score (nSPS) is 14.9. The maximum atomic E-state index is 13.3. The lowest BCUT2D eigenvalue weighted by Crippen LogP contribution is -2.43. The van der Waals surface area contributed by atoms with E-state index in [9.17, 15) is 4.79 Å². The first kappa shape index (κ1) is 21.8. The fourth-order valence-corrected chi connectivity index (χ4v) is 5.68. The van der Waals surface area contributed by atoms with Gasteiger partial charge in [0.2, 0.25) is 5.91 Å². The van der Waals surface area contributed by atoms with Crippen LogP contribution in [0.15, 0.2) is 24.3 Å². The van der Waals surface area contributed by atoms with Crippen LogP contribution in [0.2, 0.25) is 9.36 Å². The number of amides is 1. The molecule has 1 fully saturated rings. The van der Waals surface area contributed by atoms with Crippen molar-refractivity contribution in [2.75, 3.05) is 51.4 Å². The van der Waals surface area contributed by atoms with E-state index >= 15 is 0 Å². The van der Waals surface area contributed by atoms with E-state index in [1.807, 2.05) is 12.1 Å². The number of nitrogens with zero attached hydrogens (tertiary/aromatic N) is 3. The van der Waals surface area contributed by atoms with E-state index in [0.29, 0.717) is 32.3 Å². The summed E-state index contributed by atoms with van der Waals surface area (Å²) in [6.45, 7) is 4.45. The number of rotatable bonds is 7. The number of ether oxygens (including phenoxy) is 2. The molecule has 0 spiro atoms. The minimum atomic E-state index is -0.0177. The van der Waals surface area contributed by atoms with Gasteiger partial charge in [0.05, 0.1) is 40.8 Å². The molecule has 3 aromatic rings. The molecule has 0 saturated carbocycles. The highest BCUT2D eigenvalue weighted by atomic mass is 35.5. The quantitative estimate of drug-likeness (QED) is 0.490. The number of hydrogen-bond acceptors (Lipinski definition) is 7. The lowest BCUT2D eigenvalue weighted by Gasteiger charge is -2.29. The van der Waals surface area contributed by atoms with Crippen LogP contribution in [0, 0.1) is 0 Å². The summed E-state index contributed by atoms with van der Waals surface area (Å²) in [5.74, 6) is 0.624. The molecule has 0 bridgehead atoms. The van der Waals surface area contributed by atoms with Crippen molar-refractivity contribution in [1.82, 2.24) is 9.88 Å². The molecule has 1 aliphatic rings. The van der Waals surface area contributed by atoms with Crippen molar-refractivity contribution in [3.63, 3.8) is 0 Å². The second-order valence-corrected chi connectivity index (χ2v) is 9.99. The molecule has 1 amide bonds. The third kappa shape index (κ3) is 4.90.